The van der Waals surface area contributed by atoms with E-state index in [2.05, 4.69) is 4.98 Å². The molecule has 36 heavy (non-hydrogen) atoms. The Balaban J connectivity index is 1.74. The molecule has 0 spiro atoms. The number of hydrogen-bond donors (Lipinski definition) is 0. The molecule has 0 fully saturated rings. The van der Waals surface area contributed by atoms with Gasteiger partial charge in [-0.3, -0.25) is 4.31 Å². The summed E-state index contributed by atoms with van der Waals surface area (Å²) >= 11 is 1.32. The van der Waals surface area contributed by atoms with Gasteiger partial charge >= 0.3 is 5.97 Å². The molecular formula is C28H28N2O4S2. The van der Waals surface area contributed by atoms with Crippen LogP contribution in [0.3, 0.4) is 0 Å². The predicted octanol–water partition coefficient (Wildman–Crippen LogP) is 6.60. The van der Waals surface area contributed by atoms with E-state index in [0.29, 0.717) is 5.00 Å². The van der Waals surface area contributed by atoms with E-state index in [4.69, 9.17) is 4.74 Å². The summed E-state index contributed by atoms with van der Waals surface area (Å²) < 4.78 is 33.6. The average Bonchev–Trinajstić information content (AvgIpc) is 3.38. The summed E-state index contributed by atoms with van der Waals surface area (Å²) in [4.78, 5) is 17.0. The Bertz CT molecular complexity index is 1480. The molecule has 0 unspecified atom stereocenters. The number of thiazole rings is 1. The molecule has 0 atom stereocenters. The smallest absolute Gasteiger partial charge is 0.338 e. The van der Waals surface area contributed by atoms with Crippen molar-refractivity contribution >= 4 is 32.3 Å². The Morgan fingerprint density at radius 3 is 2.31 bits per heavy atom. The van der Waals surface area contributed by atoms with Crippen molar-refractivity contribution in [3.63, 3.8) is 0 Å². The lowest BCUT2D eigenvalue weighted by Crippen LogP contribution is -2.30. The average molecular weight is 521 g/mol. The fourth-order valence-electron chi connectivity index (χ4n) is 4.10. The largest absolute Gasteiger partial charge is 0.465 e. The van der Waals surface area contributed by atoms with E-state index in [1.54, 1.807) is 25.3 Å². The lowest BCUT2D eigenvalue weighted by atomic mass is 9.97. The SMILES string of the molecule is CCN(c1cnc(-c2ccccc2-c2ccccc2)s1)S(=O)(=O)c1ccc(C(C)C)c(C(=O)OC)c1. The number of esters is 1. The fraction of sp³-hybridized carbons (Fsp3) is 0.214. The van der Waals surface area contributed by atoms with E-state index < -0.39 is 16.0 Å². The van der Waals surface area contributed by atoms with Crippen LogP contribution in [0, 0.1) is 0 Å². The van der Waals surface area contributed by atoms with Crippen LogP contribution in [-0.4, -0.2) is 33.0 Å². The number of anilines is 1. The summed E-state index contributed by atoms with van der Waals surface area (Å²) in [6.45, 7) is 5.88. The summed E-state index contributed by atoms with van der Waals surface area (Å²) in [6, 6.07) is 22.6. The summed E-state index contributed by atoms with van der Waals surface area (Å²) in [5.74, 6) is -0.525. The molecule has 1 heterocycles. The van der Waals surface area contributed by atoms with Crippen LogP contribution in [0.15, 0.2) is 83.9 Å². The highest BCUT2D eigenvalue weighted by atomic mass is 32.2. The maximum atomic E-state index is 13.7. The quantitative estimate of drug-likeness (QED) is 0.245. The van der Waals surface area contributed by atoms with E-state index in [1.165, 1.54) is 28.8 Å². The number of methoxy groups -OCH3 is 1. The van der Waals surface area contributed by atoms with Gasteiger partial charge in [-0.2, -0.15) is 0 Å². The third-order valence-electron chi connectivity index (χ3n) is 5.91. The number of sulfonamides is 1. The van der Waals surface area contributed by atoms with E-state index in [-0.39, 0.29) is 22.9 Å². The zero-order valence-electron chi connectivity index (χ0n) is 20.6. The summed E-state index contributed by atoms with van der Waals surface area (Å²) in [7, 11) is -2.66. The Morgan fingerprint density at radius 1 is 1.00 bits per heavy atom. The van der Waals surface area contributed by atoms with Crippen molar-refractivity contribution in [1.29, 1.82) is 0 Å². The molecule has 4 rings (SSSR count). The number of ether oxygens (including phenoxy) is 1. The molecule has 0 aliphatic heterocycles. The first kappa shape index (κ1) is 25.6. The Labute approximate surface area is 216 Å². The van der Waals surface area contributed by atoms with Crippen molar-refractivity contribution in [3.05, 3.63) is 90.1 Å². The predicted molar refractivity (Wildman–Crippen MR) is 145 cm³/mol. The van der Waals surface area contributed by atoms with Crippen LogP contribution < -0.4 is 4.31 Å². The molecule has 8 heteroatoms. The number of carbonyl (C=O) groups excluding carboxylic acids is 1. The van der Waals surface area contributed by atoms with Gasteiger partial charge in [0.2, 0.25) is 0 Å². The van der Waals surface area contributed by atoms with E-state index >= 15 is 0 Å². The van der Waals surface area contributed by atoms with E-state index in [1.807, 2.05) is 68.4 Å². The number of benzene rings is 3. The topological polar surface area (TPSA) is 76.6 Å². The zero-order chi connectivity index (χ0) is 25.9. The molecule has 0 N–H and O–H groups in total. The third kappa shape index (κ3) is 4.92. The van der Waals surface area contributed by atoms with Gasteiger partial charge in [-0.15, -0.1) is 0 Å². The number of nitrogens with zero attached hydrogens (tertiary/aromatic N) is 2. The van der Waals surface area contributed by atoms with Crippen molar-refractivity contribution in [2.75, 3.05) is 18.0 Å². The molecule has 3 aromatic carbocycles. The second-order valence-electron chi connectivity index (χ2n) is 8.48. The van der Waals surface area contributed by atoms with Crippen molar-refractivity contribution in [3.8, 4) is 21.7 Å². The van der Waals surface area contributed by atoms with Gasteiger partial charge in [0.1, 0.15) is 10.0 Å². The Morgan fingerprint density at radius 2 is 1.67 bits per heavy atom. The number of carbonyl (C=O) groups is 1. The standard InChI is InChI=1S/C28H28N2O4S2/c1-5-30(36(32,33)21-15-16-22(19(2)3)25(17-21)28(31)34-4)26-18-29-27(35-26)24-14-10-9-13-23(24)20-11-7-6-8-12-20/h6-19H,5H2,1-4H3. The highest BCUT2D eigenvalue weighted by Gasteiger charge is 2.28. The fourth-order valence-corrected chi connectivity index (χ4v) is 6.82. The molecule has 0 radical (unpaired) electrons. The van der Waals surface area contributed by atoms with Crippen molar-refractivity contribution in [1.82, 2.24) is 4.98 Å². The second-order valence-corrected chi connectivity index (χ2v) is 11.4. The summed E-state index contributed by atoms with van der Waals surface area (Å²) in [6.07, 6.45) is 1.59. The van der Waals surface area contributed by atoms with Gasteiger partial charge < -0.3 is 4.74 Å². The van der Waals surface area contributed by atoms with Gasteiger partial charge in [0.05, 0.1) is 23.8 Å². The van der Waals surface area contributed by atoms with Crippen LogP contribution >= 0.6 is 11.3 Å². The number of aromatic nitrogens is 1. The first-order valence-corrected chi connectivity index (χ1v) is 13.9. The normalized spacial score (nSPS) is 11.5. The van der Waals surface area contributed by atoms with Gasteiger partial charge in [-0.1, -0.05) is 85.8 Å². The van der Waals surface area contributed by atoms with Crippen LogP contribution in [0.1, 0.15) is 42.6 Å². The van der Waals surface area contributed by atoms with Crippen LogP contribution in [0.4, 0.5) is 5.00 Å². The number of hydrogen-bond acceptors (Lipinski definition) is 6. The molecule has 0 amide bonds. The van der Waals surface area contributed by atoms with Gasteiger partial charge in [0, 0.05) is 12.1 Å². The summed E-state index contributed by atoms with van der Waals surface area (Å²) in [5, 5.41) is 1.23. The molecule has 0 bridgehead atoms. The second kappa shape index (κ2) is 10.6. The maximum Gasteiger partial charge on any atom is 0.338 e. The summed E-state index contributed by atoms with van der Waals surface area (Å²) in [5.41, 5.74) is 4.01. The zero-order valence-corrected chi connectivity index (χ0v) is 22.3. The van der Waals surface area contributed by atoms with Crippen LogP contribution in [0.25, 0.3) is 21.7 Å². The minimum Gasteiger partial charge on any atom is -0.465 e. The van der Waals surface area contributed by atoms with Crippen molar-refractivity contribution in [2.45, 2.75) is 31.6 Å². The molecule has 4 aromatic rings. The third-order valence-corrected chi connectivity index (χ3v) is 8.96. The van der Waals surface area contributed by atoms with Crippen LogP contribution in [0.5, 0.6) is 0 Å². The van der Waals surface area contributed by atoms with Gasteiger partial charge in [0.25, 0.3) is 10.0 Å². The van der Waals surface area contributed by atoms with Gasteiger partial charge in [-0.05, 0) is 41.7 Å². The molecule has 6 nitrogen and oxygen atoms in total. The molecule has 186 valence electrons. The van der Waals surface area contributed by atoms with Crippen molar-refractivity contribution < 1.29 is 17.9 Å². The lowest BCUT2D eigenvalue weighted by molar-refractivity contribution is 0.0598. The first-order chi connectivity index (χ1) is 17.3. The van der Waals surface area contributed by atoms with Gasteiger partial charge in [0.15, 0.2) is 0 Å². The van der Waals surface area contributed by atoms with Crippen molar-refractivity contribution in [2.24, 2.45) is 0 Å². The first-order valence-electron chi connectivity index (χ1n) is 11.6. The molecular weight excluding hydrogens is 492 g/mol. The van der Waals surface area contributed by atoms with E-state index in [0.717, 1.165) is 27.3 Å². The highest BCUT2D eigenvalue weighted by Crippen LogP contribution is 2.38. The monoisotopic (exact) mass is 520 g/mol. The van der Waals surface area contributed by atoms with Crippen LogP contribution in [-0.2, 0) is 14.8 Å². The molecule has 0 saturated heterocycles. The molecule has 0 aliphatic rings. The van der Waals surface area contributed by atoms with Gasteiger partial charge in [-0.25, -0.2) is 18.2 Å². The molecule has 0 aliphatic carbocycles. The Hall–Kier alpha value is -3.49. The Kier molecular flexibility index (Phi) is 7.56. The maximum absolute atomic E-state index is 13.7. The minimum absolute atomic E-state index is 0.0341. The van der Waals surface area contributed by atoms with Crippen LogP contribution in [0.2, 0.25) is 0 Å². The minimum atomic E-state index is -3.95. The lowest BCUT2D eigenvalue weighted by Gasteiger charge is -2.21. The molecule has 1 aromatic heterocycles. The van der Waals surface area contributed by atoms with E-state index in [9.17, 15) is 13.2 Å². The highest BCUT2D eigenvalue weighted by molar-refractivity contribution is 7.93. The number of rotatable bonds is 8. The molecule has 0 saturated carbocycles.